The number of ether oxygens (including phenoxy) is 4. The second-order valence-corrected chi connectivity index (χ2v) is 3.14. The molecule has 0 aromatic heterocycles. The first-order valence-electron chi connectivity index (χ1n) is 5.27. The topological polar surface area (TPSA) is 36.9 Å². The van der Waals surface area contributed by atoms with Gasteiger partial charge in [0.1, 0.15) is 12.2 Å². The third-order valence-corrected chi connectivity index (χ3v) is 2.12. The highest BCUT2D eigenvalue weighted by Crippen LogP contribution is 2.10. The lowest BCUT2D eigenvalue weighted by Gasteiger charge is -2.29. The van der Waals surface area contributed by atoms with Crippen LogP contribution in [-0.2, 0) is 18.9 Å². The summed E-state index contributed by atoms with van der Waals surface area (Å²) in [6, 6.07) is 0. The Balaban J connectivity index is 2.30. The quantitative estimate of drug-likeness (QED) is 0.642. The van der Waals surface area contributed by atoms with Crippen molar-refractivity contribution >= 4 is 0 Å². The zero-order valence-corrected chi connectivity index (χ0v) is 9.03. The molecule has 0 aromatic carbocycles. The van der Waals surface area contributed by atoms with E-state index in [4.69, 9.17) is 18.9 Å². The van der Waals surface area contributed by atoms with Crippen LogP contribution in [0, 0.1) is 0 Å². The first-order chi connectivity index (χ1) is 6.88. The van der Waals surface area contributed by atoms with Crippen LogP contribution >= 0.6 is 0 Å². The third kappa shape index (κ3) is 3.92. The van der Waals surface area contributed by atoms with Gasteiger partial charge in [0.05, 0.1) is 26.4 Å². The summed E-state index contributed by atoms with van der Waals surface area (Å²) >= 11 is 0. The molecule has 1 heterocycles. The van der Waals surface area contributed by atoms with Crippen molar-refractivity contribution in [2.75, 3.05) is 39.6 Å². The van der Waals surface area contributed by atoms with Gasteiger partial charge in [0.15, 0.2) is 0 Å². The average Bonchev–Trinajstić information content (AvgIpc) is 2.25. The van der Waals surface area contributed by atoms with Crippen molar-refractivity contribution in [2.24, 2.45) is 0 Å². The maximum atomic E-state index is 5.56. The molecule has 0 saturated carbocycles. The SMILES string of the molecule is CCOCC(OCC)C1COCCO1. The van der Waals surface area contributed by atoms with Crippen LogP contribution in [0.3, 0.4) is 0 Å². The molecule has 4 nitrogen and oxygen atoms in total. The lowest BCUT2D eigenvalue weighted by Crippen LogP contribution is -2.42. The molecule has 1 fully saturated rings. The molecule has 1 saturated heterocycles. The van der Waals surface area contributed by atoms with Gasteiger partial charge in [-0.3, -0.25) is 0 Å². The standard InChI is InChI=1S/C10H20O4/c1-3-11-7-9(13-4-2)10-8-12-5-6-14-10/h9-10H,3-8H2,1-2H3. The fourth-order valence-corrected chi connectivity index (χ4v) is 1.43. The van der Waals surface area contributed by atoms with Gasteiger partial charge in [-0.2, -0.15) is 0 Å². The summed E-state index contributed by atoms with van der Waals surface area (Å²) in [6.07, 6.45) is 0.0236. The van der Waals surface area contributed by atoms with Crippen LogP contribution in [0.2, 0.25) is 0 Å². The molecule has 0 radical (unpaired) electrons. The Hall–Kier alpha value is -0.160. The third-order valence-electron chi connectivity index (χ3n) is 2.12. The molecule has 2 unspecified atom stereocenters. The Labute approximate surface area is 85.5 Å². The van der Waals surface area contributed by atoms with Crippen LogP contribution in [0.5, 0.6) is 0 Å². The van der Waals surface area contributed by atoms with Crippen LogP contribution in [0.4, 0.5) is 0 Å². The second kappa shape index (κ2) is 7.17. The highest BCUT2D eigenvalue weighted by atomic mass is 16.6. The van der Waals surface area contributed by atoms with Crippen molar-refractivity contribution < 1.29 is 18.9 Å². The molecule has 1 rings (SSSR count). The summed E-state index contributed by atoms with van der Waals surface area (Å²) in [7, 11) is 0. The minimum absolute atomic E-state index is 0.000231. The van der Waals surface area contributed by atoms with Crippen molar-refractivity contribution in [2.45, 2.75) is 26.1 Å². The summed E-state index contributed by atoms with van der Waals surface area (Å²) in [6.45, 7) is 7.86. The molecule has 0 amide bonds. The van der Waals surface area contributed by atoms with E-state index in [1.165, 1.54) is 0 Å². The van der Waals surface area contributed by atoms with E-state index >= 15 is 0 Å². The van der Waals surface area contributed by atoms with E-state index in [-0.39, 0.29) is 12.2 Å². The minimum Gasteiger partial charge on any atom is -0.379 e. The monoisotopic (exact) mass is 204 g/mol. The van der Waals surface area contributed by atoms with Crippen LogP contribution < -0.4 is 0 Å². The number of hydrogen-bond donors (Lipinski definition) is 0. The maximum absolute atomic E-state index is 5.56. The van der Waals surface area contributed by atoms with Gasteiger partial charge in [0.25, 0.3) is 0 Å². The molecule has 1 aliphatic rings. The van der Waals surface area contributed by atoms with Crippen molar-refractivity contribution in [1.29, 1.82) is 0 Å². The molecule has 1 aliphatic heterocycles. The Kier molecular flexibility index (Phi) is 6.10. The summed E-state index contributed by atoms with van der Waals surface area (Å²) in [4.78, 5) is 0. The van der Waals surface area contributed by atoms with Crippen molar-refractivity contribution in [3.8, 4) is 0 Å². The normalized spacial score (nSPS) is 24.9. The average molecular weight is 204 g/mol. The zero-order chi connectivity index (χ0) is 10.2. The fraction of sp³-hybridized carbons (Fsp3) is 1.00. The maximum Gasteiger partial charge on any atom is 0.109 e. The predicted octanol–water partition coefficient (Wildman–Crippen LogP) is 0.843. The fourth-order valence-electron chi connectivity index (χ4n) is 1.43. The molecule has 2 atom stereocenters. The van der Waals surface area contributed by atoms with E-state index in [1.54, 1.807) is 0 Å². The van der Waals surface area contributed by atoms with Gasteiger partial charge in [-0.1, -0.05) is 0 Å². The molecule has 0 N–H and O–H groups in total. The van der Waals surface area contributed by atoms with Gasteiger partial charge in [-0.05, 0) is 13.8 Å². The van der Waals surface area contributed by atoms with E-state index in [1.807, 2.05) is 13.8 Å². The van der Waals surface area contributed by atoms with Crippen LogP contribution in [-0.4, -0.2) is 51.8 Å². The highest BCUT2D eigenvalue weighted by Gasteiger charge is 2.25. The number of hydrogen-bond acceptors (Lipinski definition) is 4. The predicted molar refractivity (Wildman–Crippen MR) is 52.5 cm³/mol. The number of rotatable bonds is 6. The van der Waals surface area contributed by atoms with E-state index < -0.39 is 0 Å². The van der Waals surface area contributed by atoms with Gasteiger partial charge >= 0.3 is 0 Å². The van der Waals surface area contributed by atoms with Gasteiger partial charge in [0.2, 0.25) is 0 Å². The summed E-state index contributed by atoms with van der Waals surface area (Å²) in [5.41, 5.74) is 0. The van der Waals surface area contributed by atoms with Gasteiger partial charge in [-0.15, -0.1) is 0 Å². The minimum atomic E-state index is 0.000231. The first kappa shape index (κ1) is 11.9. The Morgan fingerprint density at radius 2 is 2.14 bits per heavy atom. The molecule has 84 valence electrons. The van der Waals surface area contributed by atoms with Gasteiger partial charge < -0.3 is 18.9 Å². The van der Waals surface area contributed by atoms with Crippen molar-refractivity contribution in [3.05, 3.63) is 0 Å². The lowest BCUT2D eigenvalue weighted by molar-refractivity contribution is -0.160. The van der Waals surface area contributed by atoms with E-state index in [9.17, 15) is 0 Å². The van der Waals surface area contributed by atoms with Crippen LogP contribution in [0.1, 0.15) is 13.8 Å². The summed E-state index contributed by atoms with van der Waals surface area (Å²) in [5, 5.41) is 0. The van der Waals surface area contributed by atoms with E-state index in [0.29, 0.717) is 39.6 Å². The highest BCUT2D eigenvalue weighted by molar-refractivity contribution is 4.72. The van der Waals surface area contributed by atoms with Crippen molar-refractivity contribution in [3.63, 3.8) is 0 Å². The van der Waals surface area contributed by atoms with Crippen LogP contribution in [0.15, 0.2) is 0 Å². The van der Waals surface area contributed by atoms with Gasteiger partial charge in [-0.25, -0.2) is 0 Å². The largest absolute Gasteiger partial charge is 0.379 e. The lowest BCUT2D eigenvalue weighted by atomic mass is 10.2. The smallest absolute Gasteiger partial charge is 0.109 e. The molecule has 4 heteroatoms. The van der Waals surface area contributed by atoms with E-state index in [2.05, 4.69) is 0 Å². The Morgan fingerprint density at radius 1 is 1.29 bits per heavy atom. The molecule has 0 bridgehead atoms. The first-order valence-corrected chi connectivity index (χ1v) is 5.27. The van der Waals surface area contributed by atoms with Crippen LogP contribution in [0.25, 0.3) is 0 Å². The summed E-state index contributed by atoms with van der Waals surface area (Å²) in [5.74, 6) is 0. The molecular formula is C10H20O4. The molecule has 0 spiro atoms. The van der Waals surface area contributed by atoms with E-state index in [0.717, 1.165) is 0 Å². The molecule has 0 aliphatic carbocycles. The molecular weight excluding hydrogens is 184 g/mol. The second-order valence-electron chi connectivity index (χ2n) is 3.14. The Bertz CT molecular complexity index is 134. The molecule has 14 heavy (non-hydrogen) atoms. The van der Waals surface area contributed by atoms with Crippen molar-refractivity contribution in [1.82, 2.24) is 0 Å². The summed E-state index contributed by atoms with van der Waals surface area (Å²) < 4.78 is 21.8. The van der Waals surface area contributed by atoms with Gasteiger partial charge in [0, 0.05) is 13.2 Å². The Morgan fingerprint density at radius 3 is 2.71 bits per heavy atom. The molecule has 0 aromatic rings. The zero-order valence-electron chi connectivity index (χ0n) is 9.03.